The summed E-state index contributed by atoms with van der Waals surface area (Å²) in [5, 5.41) is 10.8. The lowest BCUT2D eigenvalue weighted by molar-refractivity contribution is -0.140. The van der Waals surface area contributed by atoms with Gasteiger partial charge in [0.05, 0.1) is 18.1 Å². The first-order chi connectivity index (χ1) is 13.8. The molecule has 1 aliphatic carbocycles. The Labute approximate surface area is 182 Å². The van der Waals surface area contributed by atoms with Gasteiger partial charge in [-0.3, -0.25) is 0 Å². The third-order valence-corrected chi connectivity index (χ3v) is 5.90. The molecule has 30 heavy (non-hydrogen) atoms. The number of aromatic nitrogens is 4. The van der Waals surface area contributed by atoms with Crippen LogP contribution in [0.25, 0.3) is 5.65 Å². The molecule has 162 valence electrons. The molecular weight excluding hydrogens is 440 g/mol. The van der Waals surface area contributed by atoms with Crippen LogP contribution in [0, 0.1) is 0 Å². The van der Waals surface area contributed by atoms with Crippen LogP contribution >= 0.6 is 24.0 Å². The number of alkyl halides is 3. The molecule has 0 amide bonds. The minimum Gasteiger partial charge on any atom is -0.380 e. The van der Waals surface area contributed by atoms with Gasteiger partial charge in [0, 0.05) is 23.0 Å². The van der Waals surface area contributed by atoms with Gasteiger partial charge in [0.1, 0.15) is 0 Å². The van der Waals surface area contributed by atoms with Crippen LogP contribution in [0.4, 0.5) is 18.9 Å². The first kappa shape index (κ1) is 22.6. The molecular formula is C19H21Cl2F3N6. The molecule has 2 aromatic heterocycles. The molecule has 0 radical (unpaired) electrons. The molecule has 0 saturated heterocycles. The topological polar surface area (TPSA) is 81.1 Å². The SMILES string of the molecule is Cl.NCC1(c2cccc(Cl)c2)CCC(Nc2cnc3c(C(F)(F)F)nnn3c2)CC1. The summed E-state index contributed by atoms with van der Waals surface area (Å²) in [5.41, 5.74) is 6.37. The molecule has 1 fully saturated rings. The Hall–Kier alpha value is -2.10. The number of fused-ring (bicyclic) bond motifs is 1. The number of nitrogens with zero attached hydrogens (tertiary/aromatic N) is 4. The van der Waals surface area contributed by atoms with E-state index in [-0.39, 0.29) is 29.5 Å². The van der Waals surface area contributed by atoms with Gasteiger partial charge >= 0.3 is 6.18 Å². The molecule has 1 aromatic carbocycles. The summed E-state index contributed by atoms with van der Waals surface area (Å²) in [4.78, 5) is 3.90. The Bertz CT molecular complexity index is 1010. The monoisotopic (exact) mass is 460 g/mol. The van der Waals surface area contributed by atoms with Gasteiger partial charge in [0.15, 0.2) is 5.65 Å². The highest BCUT2D eigenvalue weighted by Crippen LogP contribution is 2.40. The van der Waals surface area contributed by atoms with E-state index in [1.54, 1.807) is 0 Å². The predicted molar refractivity (Wildman–Crippen MR) is 111 cm³/mol. The fourth-order valence-corrected chi connectivity index (χ4v) is 4.22. The van der Waals surface area contributed by atoms with Gasteiger partial charge in [-0.15, -0.1) is 17.5 Å². The van der Waals surface area contributed by atoms with E-state index in [4.69, 9.17) is 17.3 Å². The summed E-state index contributed by atoms with van der Waals surface area (Å²) < 4.78 is 39.8. The van der Waals surface area contributed by atoms with E-state index in [0.29, 0.717) is 17.3 Å². The molecule has 1 saturated carbocycles. The third-order valence-electron chi connectivity index (χ3n) is 5.67. The van der Waals surface area contributed by atoms with Crippen LogP contribution < -0.4 is 11.1 Å². The first-order valence-corrected chi connectivity index (χ1v) is 9.69. The number of nitrogens with one attached hydrogen (secondary N) is 1. The molecule has 3 aromatic rings. The lowest BCUT2D eigenvalue weighted by Crippen LogP contribution is -2.41. The fraction of sp³-hybridized carbons (Fsp3) is 0.421. The van der Waals surface area contributed by atoms with E-state index in [1.165, 1.54) is 12.4 Å². The van der Waals surface area contributed by atoms with Gasteiger partial charge in [-0.05, 0) is 43.4 Å². The molecule has 1 aliphatic rings. The molecule has 2 heterocycles. The second kappa shape index (κ2) is 8.56. The zero-order valence-corrected chi connectivity index (χ0v) is 17.4. The molecule has 0 unspecified atom stereocenters. The van der Waals surface area contributed by atoms with Crippen molar-refractivity contribution in [3.63, 3.8) is 0 Å². The standard InChI is InChI=1S/C19H20ClF3N6.ClH/c20-13-3-1-2-12(8-13)18(11-24)6-4-14(5-7-18)26-15-9-25-17-16(19(21,22)23)27-28-29(17)10-15;/h1-3,8-10,14,26H,4-7,11,24H2;1H. The average molecular weight is 461 g/mol. The van der Waals surface area contributed by atoms with Crippen molar-refractivity contribution in [1.82, 2.24) is 19.8 Å². The Morgan fingerprint density at radius 1 is 1.27 bits per heavy atom. The van der Waals surface area contributed by atoms with Crippen molar-refractivity contribution < 1.29 is 13.2 Å². The number of rotatable bonds is 4. The smallest absolute Gasteiger partial charge is 0.380 e. The van der Waals surface area contributed by atoms with Crippen molar-refractivity contribution in [1.29, 1.82) is 0 Å². The Morgan fingerprint density at radius 2 is 2.00 bits per heavy atom. The third kappa shape index (κ3) is 4.33. The number of hydrogen-bond donors (Lipinski definition) is 2. The van der Waals surface area contributed by atoms with Gasteiger partial charge < -0.3 is 11.1 Å². The zero-order valence-electron chi connectivity index (χ0n) is 15.9. The van der Waals surface area contributed by atoms with Crippen LogP contribution in [0.3, 0.4) is 0 Å². The van der Waals surface area contributed by atoms with Crippen molar-refractivity contribution in [3.8, 4) is 0 Å². The summed E-state index contributed by atoms with van der Waals surface area (Å²) >= 11 is 6.15. The predicted octanol–water partition coefficient (Wildman–Crippen LogP) is 4.47. The maximum absolute atomic E-state index is 12.9. The minimum atomic E-state index is -4.58. The van der Waals surface area contributed by atoms with E-state index in [0.717, 1.165) is 35.8 Å². The summed E-state index contributed by atoms with van der Waals surface area (Å²) in [6.45, 7) is 0.534. The van der Waals surface area contributed by atoms with Crippen LogP contribution in [-0.4, -0.2) is 32.4 Å². The zero-order chi connectivity index (χ0) is 20.6. The van der Waals surface area contributed by atoms with E-state index >= 15 is 0 Å². The highest BCUT2D eigenvalue weighted by Gasteiger charge is 2.38. The van der Waals surface area contributed by atoms with Crippen molar-refractivity contribution in [3.05, 3.63) is 52.9 Å². The molecule has 0 atom stereocenters. The molecule has 3 N–H and O–H groups in total. The lowest BCUT2D eigenvalue weighted by atomic mass is 9.68. The van der Waals surface area contributed by atoms with Gasteiger partial charge in [-0.25, -0.2) is 4.98 Å². The number of nitrogens with two attached hydrogens (primary N) is 1. The summed E-state index contributed by atoms with van der Waals surface area (Å²) in [5.74, 6) is 0. The molecule has 6 nitrogen and oxygen atoms in total. The van der Waals surface area contributed by atoms with Crippen molar-refractivity contribution >= 4 is 35.3 Å². The second-order valence-electron chi connectivity index (χ2n) is 7.46. The van der Waals surface area contributed by atoms with Crippen molar-refractivity contribution in [2.45, 2.75) is 43.3 Å². The number of anilines is 1. The van der Waals surface area contributed by atoms with Crippen molar-refractivity contribution in [2.75, 3.05) is 11.9 Å². The molecule has 0 bridgehead atoms. The summed E-state index contributed by atoms with van der Waals surface area (Å²) in [6.07, 6.45) is 1.79. The van der Waals surface area contributed by atoms with E-state index < -0.39 is 11.9 Å². The number of halogens is 5. The maximum atomic E-state index is 12.9. The quantitative estimate of drug-likeness (QED) is 0.600. The lowest BCUT2D eigenvalue weighted by Gasteiger charge is -2.40. The second-order valence-corrected chi connectivity index (χ2v) is 7.90. The van der Waals surface area contributed by atoms with Crippen LogP contribution in [0.2, 0.25) is 5.02 Å². The van der Waals surface area contributed by atoms with Crippen LogP contribution in [0.1, 0.15) is 36.9 Å². The Kier molecular flexibility index (Phi) is 6.45. The highest BCUT2D eigenvalue weighted by molar-refractivity contribution is 6.30. The molecule has 0 spiro atoms. The molecule has 4 rings (SSSR count). The van der Waals surface area contributed by atoms with Crippen LogP contribution in [0.15, 0.2) is 36.7 Å². The van der Waals surface area contributed by atoms with Gasteiger partial charge in [0.25, 0.3) is 0 Å². The van der Waals surface area contributed by atoms with Crippen LogP contribution in [0.5, 0.6) is 0 Å². The van der Waals surface area contributed by atoms with Gasteiger partial charge in [-0.2, -0.15) is 17.7 Å². The van der Waals surface area contributed by atoms with Crippen molar-refractivity contribution in [2.24, 2.45) is 5.73 Å². The average Bonchev–Trinajstić information content (AvgIpc) is 3.12. The molecule has 11 heteroatoms. The highest BCUT2D eigenvalue weighted by atomic mass is 35.5. The van der Waals surface area contributed by atoms with Gasteiger partial charge in [-0.1, -0.05) is 28.9 Å². The fourth-order valence-electron chi connectivity index (χ4n) is 4.03. The van der Waals surface area contributed by atoms with Gasteiger partial charge in [0.2, 0.25) is 5.69 Å². The first-order valence-electron chi connectivity index (χ1n) is 9.32. The minimum absolute atomic E-state index is 0. The number of benzene rings is 1. The summed E-state index contributed by atoms with van der Waals surface area (Å²) in [6, 6.07) is 7.99. The van der Waals surface area contributed by atoms with Crippen LogP contribution in [-0.2, 0) is 11.6 Å². The van der Waals surface area contributed by atoms with E-state index in [1.807, 2.05) is 18.2 Å². The normalized spacial score (nSPS) is 22.0. The Morgan fingerprint density at radius 3 is 2.63 bits per heavy atom. The largest absolute Gasteiger partial charge is 0.439 e. The van der Waals surface area contributed by atoms with E-state index in [9.17, 15) is 13.2 Å². The van der Waals surface area contributed by atoms with E-state index in [2.05, 4.69) is 26.7 Å². The Balaban J connectivity index is 0.00000256. The number of hydrogen-bond acceptors (Lipinski definition) is 5. The molecule has 0 aliphatic heterocycles. The maximum Gasteiger partial charge on any atom is 0.439 e. The summed E-state index contributed by atoms with van der Waals surface area (Å²) in [7, 11) is 0.